The van der Waals surface area contributed by atoms with Crippen molar-refractivity contribution < 1.29 is 9.59 Å². The Bertz CT molecular complexity index is 514. The Balaban J connectivity index is 1.92. The molecule has 0 radical (unpaired) electrons. The molecule has 0 unspecified atom stereocenters. The largest absolute Gasteiger partial charge is 0.339 e. The monoisotopic (exact) mass is 267 g/mol. The fourth-order valence-electron chi connectivity index (χ4n) is 1.94. The van der Waals surface area contributed by atoms with Crippen LogP contribution < -0.4 is 11.0 Å². The first-order chi connectivity index (χ1) is 9.08. The summed E-state index contributed by atoms with van der Waals surface area (Å²) in [6.45, 7) is 2.86. The number of amides is 2. The summed E-state index contributed by atoms with van der Waals surface area (Å²) in [7, 11) is 1.54. The van der Waals surface area contributed by atoms with E-state index < -0.39 is 5.69 Å². The van der Waals surface area contributed by atoms with Gasteiger partial charge < -0.3 is 25.1 Å². The molecule has 2 heterocycles. The smallest absolute Gasteiger partial charge is 0.323 e. The normalized spacial score (nSPS) is 15.3. The maximum absolute atomic E-state index is 12.0. The average molecular weight is 267 g/mol. The summed E-state index contributed by atoms with van der Waals surface area (Å²) in [5.41, 5.74) is -0.286. The Kier molecular flexibility index (Phi) is 4.00. The number of likely N-dealkylation sites (N-methyl/N-ethyl adjacent to an activating group) is 1. The standard InChI is InChI=1S/C11H17N5O3/c1-15(10(18)8-6-13-11(19)14-8)7-9(17)16-4-2-12-3-5-16/h6,12H,2-5,7H2,1H3,(H2,13,14,19). The van der Waals surface area contributed by atoms with Crippen LogP contribution in [-0.2, 0) is 4.79 Å². The van der Waals surface area contributed by atoms with Crippen molar-refractivity contribution in [3.8, 4) is 0 Å². The van der Waals surface area contributed by atoms with Crippen LogP contribution in [0.3, 0.4) is 0 Å². The number of hydrogen-bond acceptors (Lipinski definition) is 4. The van der Waals surface area contributed by atoms with Gasteiger partial charge in [0.15, 0.2) is 0 Å². The molecular formula is C11H17N5O3. The van der Waals surface area contributed by atoms with Crippen molar-refractivity contribution >= 4 is 11.8 Å². The zero-order chi connectivity index (χ0) is 13.8. The van der Waals surface area contributed by atoms with Gasteiger partial charge in [-0.2, -0.15) is 0 Å². The summed E-state index contributed by atoms with van der Waals surface area (Å²) in [5.74, 6) is -0.475. The Labute approximate surface area is 109 Å². The van der Waals surface area contributed by atoms with Crippen LogP contribution in [0.2, 0.25) is 0 Å². The van der Waals surface area contributed by atoms with E-state index in [1.54, 1.807) is 4.90 Å². The van der Waals surface area contributed by atoms with Gasteiger partial charge in [0.05, 0.1) is 6.54 Å². The molecule has 8 heteroatoms. The van der Waals surface area contributed by atoms with Gasteiger partial charge in [-0.25, -0.2) is 4.79 Å². The topological polar surface area (TPSA) is 101 Å². The number of nitrogens with one attached hydrogen (secondary N) is 3. The van der Waals surface area contributed by atoms with Gasteiger partial charge in [-0.1, -0.05) is 0 Å². The highest BCUT2D eigenvalue weighted by Crippen LogP contribution is 1.99. The van der Waals surface area contributed by atoms with Gasteiger partial charge in [-0.05, 0) is 0 Å². The number of aromatic nitrogens is 2. The zero-order valence-electron chi connectivity index (χ0n) is 10.7. The second kappa shape index (κ2) is 5.70. The number of carbonyl (C=O) groups excluding carboxylic acids is 2. The van der Waals surface area contributed by atoms with E-state index in [2.05, 4.69) is 15.3 Å². The van der Waals surface area contributed by atoms with Gasteiger partial charge in [0.25, 0.3) is 5.91 Å². The van der Waals surface area contributed by atoms with Crippen molar-refractivity contribution in [1.29, 1.82) is 0 Å². The number of carbonyl (C=O) groups is 2. The predicted molar refractivity (Wildman–Crippen MR) is 67.8 cm³/mol. The van der Waals surface area contributed by atoms with Crippen LogP contribution in [0.1, 0.15) is 10.5 Å². The van der Waals surface area contributed by atoms with E-state index in [1.807, 2.05) is 0 Å². The summed E-state index contributed by atoms with van der Waals surface area (Å²) in [6, 6.07) is 0. The molecule has 1 aromatic heterocycles. The highest BCUT2D eigenvalue weighted by Gasteiger charge is 2.21. The molecule has 1 fully saturated rings. The first-order valence-electron chi connectivity index (χ1n) is 6.09. The van der Waals surface area contributed by atoms with Gasteiger partial charge >= 0.3 is 5.69 Å². The van der Waals surface area contributed by atoms with Gasteiger partial charge in [-0.3, -0.25) is 9.59 Å². The van der Waals surface area contributed by atoms with E-state index in [1.165, 1.54) is 18.1 Å². The summed E-state index contributed by atoms with van der Waals surface area (Å²) in [5, 5.41) is 3.16. The lowest BCUT2D eigenvalue weighted by Gasteiger charge is -2.29. The highest BCUT2D eigenvalue weighted by atomic mass is 16.2. The maximum Gasteiger partial charge on any atom is 0.323 e. The molecule has 1 aromatic rings. The third-order valence-electron chi connectivity index (χ3n) is 3.02. The summed E-state index contributed by atoms with van der Waals surface area (Å²) in [4.78, 5) is 42.6. The fourth-order valence-corrected chi connectivity index (χ4v) is 1.94. The Morgan fingerprint density at radius 1 is 1.37 bits per heavy atom. The third-order valence-corrected chi connectivity index (χ3v) is 3.02. The van der Waals surface area contributed by atoms with Crippen molar-refractivity contribution in [1.82, 2.24) is 25.1 Å². The Hall–Kier alpha value is -2.09. The number of rotatable bonds is 3. The molecule has 0 aliphatic carbocycles. The number of piperazine rings is 1. The van der Waals surface area contributed by atoms with Crippen LogP contribution in [0, 0.1) is 0 Å². The molecule has 19 heavy (non-hydrogen) atoms. The van der Waals surface area contributed by atoms with Gasteiger partial charge in [0.1, 0.15) is 5.69 Å². The van der Waals surface area contributed by atoms with E-state index in [9.17, 15) is 14.4 Å². The molecule has 2 amide bonds. The van der Waals surface area contributed by atoms with Crippen LogP contribution in [0.4, 0.5) is 0 Å². The van der Waals surface area contributed by atoms with E-state index in [0.717, 1.165) is 13.1 Å². The SMILES string of the molecule is CN(CC(=O)N1CCNCC1)C(=O)c1c[nH]c(=O)[nH]1. The van der Waals surface area contributed by atoms with Crippen LogP contribution in [-0.4, -0.2) is 71.4 Å². The quantitative estimate of drug-likeness (QED) is 0.602. The number of nitrogens with zero attached hydrogens (tertiary/aromatic N) is 2. The van der Waals surface area contributed by atoms with Crippen LogP contribution in [0.15, 0.2) is 11.0 Å². The molecule has 3 N–H and O–H groups in total. The number of aromatic amines is 2. The van der Waals surface area contributed by atoms with E-state index >= 15 is 0 Å². The van der Waals surface area contributed by atoms with Crippen molar-refractivity contribution in [2.24, 2.45) is 0 Å². The summed E-state index contributed by atoms with van der Waals surface area (Å²) in [6.07, 6.45) is 1.30. The summed E-state index contributed by atoms with van der Waals surface area (Å²) >= 11 is 0. The lowest BCUT2D eigenvalue weighted by molar-refractivity contribution is -0.132. The van der Waals surface area contributed by atoms with Gasteiger partial charge in [0, 0.05) is 39.4 Å². The first-order valence-corrected chi connectivity index (χ1v) is 6.09. The van der Waals surface area contributed by atoms with E-state index in [4.69, 9.17) is 0 Å². The molecule has 8 nitrogen and oxygen atoms in total. The van der Waals surface area contributed by atoms with E-state index in [0.29, 0.717) is 13.1 Å². The Morgan fingerprint density at radius 3 is 2.63 bits per heavy atom. The third kappa shape index (κ3) is 3.22. The minimum Gasteiger partial charge on any atom is -0.339 e. The molecule has 0 atom stereocenters. The molecule has 1 aliphatic rings. The number of H-pyrrole nitrogens is 2. The van der Waals surface area contributed by atoms with Crippen LogP contribution in [0.5, 0.6) is 0 Å². The van der Waals surface area contributed by atoms with Gasteiger partial charge in [0.2, 0.25) is 5.91 Å². The van der Waals surface area contributed by atoms with Crippen molar-refractivity contribution in [2.75, 3.05) is 39.8 Å². The predicted octanol–water partition coefficient (Wildman–Crippen LogP) is -1.79. The molecule has 0 bridgehead atoms. The Morgan fingerprint density at radius 2 is 2.05 bits per heavy atom. The molecule has 1 saturated heterocycles. The molecule has 0 saturated carbocycles. The van der Waals surface area contributed by atoms with Crippen molar-refractivity contribution in [3.63, 3.8) is 0 Å². The van der Waals surface area contributed by atoms with Crippen LogP contribution >= 0.6 is 0 Å². The molecule has 2 rings (SSSR count). The minimum atomic E-state index is -0.440. The average Bonchev–Trinajstić information content (AvgIpc) is 2.85. The molecular weight excluding hydrogens is 250 g/mol. The second-order valence-electron chi connectivity index (χ2n) is 4.45. The van der Waals surface area contributed by atoms with Crippen molar-refractivity contribution in [2.45, 2.75) is 0 Å². The highest BCUT2D eigenvalue weighted by molar-refractivity contribution is 5.94. The fraction of sp³-hybridized carbons (Fsp3) is 0.545. The molecule has 104 valence electrons. The summed E-state index contributed by atoms with van der Waals surface area (Å²) < 4.78 is 0. The second-order valence-corrected chi connectivity index (χ2v) is 4.45. The van der Waals surface area contributed by atoms with Crippen LogP contribution in [0.25, 0.3) is 0 Å². The molecule has 0 aromatic carbocycles. The lowest BCUT2D eigenvalue weighted by Crippen LogP contribution is -2.49. The lowest BCUT2D eigenvalue weighted by atomic mass is 10.3. The van der Waals surface area contributed by atoms with E-state index in [-0.39, 0.29) is 24.1 Å². The minimum absolute atomic E-state index is 0.00600. The van der Waals surface area contributed by atoms with Gasteiger partial charge in [-0.15, -0.1) is 0 Å². The number of hydrogen-bond donors (Lipinski definition) is 3. The zero-order valence-corrected chi connectivity index (χ0v) is 10.7. The van der Waals surface area contributed by atoms with Crippen molar-refractivity contribution in [3.05, 3.63) is 22.4 Å². The maximum atomic E-state index is 12.0. The molecule has 1 aliphatic heterocycles. The number of imidazole rings is 1. The first kappa shape index (κ1) is 13.3. The molecule has 0 spiro atoms.